The summed E-state index contributed by atoms with van der Waals surface area (Å²) in [7, 11) is 0. The first-order chi connectivity index (χ1) is 7.51. The van der Waals surface area contributed by atoms with Crippen molar-refractivity contribution in [3.05, 3.63) is 24.3 Å². The van der Waals surface area contributed by atoms with Gasteiger partial charge in [0.2, 0.25) is 11.8 Å². The number of carbonyl (C=O) groups is 2. The molecule has 86 valence electrons. The maximum atomic E-state index is 11.5. The van der Waals surface area contributed by atoms with Gasteiger partial charge in [0.1, 0.15) is 0 Å². The second-order valence-electron chi connectivity index (χ2n) is 4.68. The summed E-state index contributed by atoms with van der Waals surface area (Å²) in [6, 6.07) is 0. The summed E-state index contributed by atoms with van der Waals surface area (Å²) in [6.07, 6.45) is 10.2. The lowest BCUT2D eigenvalue weighted by Crippen LogP contribution is -2.42. The Morgan fingerprint density at radius 2 is 1.12 bits per heavy atom. The minimum absolute atomic E-state index is 0.361. The van der Waals surface area contributed by atoms with Crippen molar-refractivity contribution in [2.24, 2.45) is 22.3 Å². The number of rotatable bonds is 2. The highest BCUT2D eigenvalue weighted by atomic mass is 16.1. The van der Waals surface area contributed by atoms with Crippen molar-refractivity contribution in [3.8, 4) is 0 Å². The lowest BCUT2D eigenvalue weighted by atomic mass is 9.67. The number of hydrogen-bond donors (Lipinski definition) is 2. The first-order valence-electron chi connectivity index (χ1n) is 5.51. The van der Waals surface area contributed by atoms with Gasteiger partial charge in [-0.15, -0.1) is 0 Å². The van der Waals surface area contributed by atoms with Crippen LogP contribution in [0.2, 0.25) is 0 Å². The predicted molar refractivity (Wildman–Crippen MR) is 60.0 cm³/mol. The Morgan fingerprint density at radius 1 is 0.812 bits per heavy atom. The van der Waals surface area contributed by atoms with Crippen LogP contribution >= 0.6 is 0 Å². The maximum absolute atomic E-state index is 11.5. The van der Waals surface area contributed by atoms with Crippen molar-refractivity contribution < 1.29 is 9.59 Å². The van der Waals surface area contributed by atoms with Gasteiger partial charge in [0, 0.05) is 0 Å². The van der Waals surface area contributed by atoms with E-state index in [1.165, 1.54) is 0 Å². The van der Waals surface area contributed by atoms with E-state index in [4.69, 9.17) is 11.5 Å². The first kappa shape index (κ1) is 10.9. The summed E-state index contributed by atoms with van der Waals surface area (Å²) in [5, 5.41) is 0. The fourth-order valence-electron chi connectivity index (χ4n) is 2.45. The highest BCUT2D eigenvalue weighted by Crippen LogP contribution is 2.42. The molecule has 0 aliphatic heterocycles. The third-order valence-corrected chi connectivity index (χ3v) is 3.70. The summed E-state index contributed by atoms with van der Waals surface area (Å²) in [5.74, 6) is -0.722. The fraction of sp³-hybridized carbons (Fsp3) is 0.500. The molecule has 4 heteroatoms. The quantitative estimate of drug-likeness (QED) is 0.669. The Kier molecular flexibility index (Phi) is 2.37. The summed E-state index contributed by atoms with van der Waals surface area (Å²) in [4.78, 5) is 22.9. The van der Waals surface area contributed by atoms with Crippen LogP contribution in [0.3, 0.4) is 0 Å². The molecule has 3 aliphatic rings. The standard InChI is InChI=1S/C12H16N2O2/c13-9(15)11-3-1-2-4-12(7-5-11,8-6-11)10(14)16/h5-8H,1-4H2,(H2,13,15)(H2,14,16). The van der Waals surface area contributed by atoms with Crippen molar-refractivity contribution in [1.29, 1.82) is 0 Å². The van der Waals surface area contributed by atoms with Crippen LogP contribution in [0.1, 0.15) is 25.7 Å². The molecule has 0 spiro atoms. The van der Waals surface area contributed by atoms with Crippen molar-refractivity contribution >= 4 is 11.8 Å². The van der Waals surface area contributed by atoms with Gasteiger partial charge in [-0.05, 0) is 12.8 Å². The average molecular weight is 220 g/mol. The average Bonchev–Trinajstić information content (AvgIpc) is 2.19. The lowest BCUT2D eigenvalue weighted by molar-refractivity contribution is -0.126. The van der Waals surface area contributed by atoms with Crippen molar-refractivity contribution in [2.75, 3.05) is 0 Å². The number of nitrogens with two attached hydrogens (primary N) is 2. The Balaban J connectivity index is 2.43. The Bertz CT molecular complexity index is 346. The number of hydrogen-bond acceptors (Lipinski definition) is 2. The molecule has 0 fully saturated rings. The molecule has 3 rings (SSSR count). The molecule has 0 atom stereocenters. The molecule has 16 heavy (non-hydrogen) atoms. The molecular formula is C12H16N2O2. The van der Waals surface area contributed by atoms with E-state index in [0.29, 0.717) is 12.8 Å². The zero-order valence-electron chi connectivity index (χ0n) is 9.11. The molecule has 0 aromatic carbocycles. The van der Waals surface area contributed by atoms with Crippen LogP contribution in [0.5, 0.6) is 0 Å². The molecule has 4 N–H and O–H groups in total. The molecule has 0 saturated carbocycles. The van der Waals surface area contributed by atoms with Gasteiger partial charge in [-0.2, -0.15) is 0 Å². The van der Waals surface area contributed by atoms with E-state index in [-0.39, 0.29) is 11.8 Å². The first-order valence-corrected chi connectivity index (χ1v) is 5.51. The number of fused-ring (bicyclic) bond motifs is 3. The Hall–Kier alpha value is -1.58. The maximum Gasteiger partial charge on any atom is 0.231 e. The van der Waals surface area contributed by atoms with Gasteiger partial charge in [0.25, 0.3) is 0 Å². The highest BCUT2D eigenvalue weighted by molar-refractivity contribution is 5.90. The van der Waals surface area contributed by atoms with Crippen LogP contribution in [0, 0.1) is 10.8 Å². The predicted octanol–water partition coefficient (Wildman–Crippen LogP) is 0.630. The summed E-state index contributed by atoms with van der Waals surface area (Å²) in [6.45, 7) is 0. The molecule has 2 bridgehead atoms. The molecule has 0 radical (unpaired) electrons. The third kappa shape index (κ3) is 1.45. The molecule has 2 amide bonds. The summed E-state index contributed by atoms with van der Waals surface area (Å²) < 4.78 is 0. The number of amides is 2. The largest absolute Gasteiger partial charge is 0.369 e. The zero-order valence-corrected chi connectivity index (χ0v) is 9.11. The molecule has 0 aromatic heterocycles. The van der Waals surface area contributed by atoms with Gasteiger partial charge in [0.05, 0.1) is 10.8 Å². The van der Waals surface area contributed by atoms with Gasteiger partial charge in [-0.1, -0.05) is 37.1 Å². The van der Waals surface area contributed by atoms with Crippen molar-refractivity contribution in [2.45, 2.75) is 25.7 Å². The van der Waals surface area contributed by atoms with Crippen LogP contribution in [0.4, 0.5) is 0 Å². The zero-order chi connectivity index (χ0) is 11.8. The van der Waals surface area contributed by atoms with Crippen molar-refractivity contribution in [1.82, 2.24) is 0 Å². The van der Waals surface area contributed by atoms with Crippen molar-refractivity contribution in [3.63, 3.8) is 0 Å². The molecule has 3 aliphatic carbocycles. The molecular weight excluding hydrogens is 204 g/mol. The SMILES string of the molecule is NC(=O)C12C=CC(C(N)=O)(C=C1)CCCC2. The smallest absolute Gasteiger partial charge is 0.231 e. The van der Waals surface area contributed by atoms with Gasteiger partial charge in [-0.3, -0.25) is 9.59 Å². The lowest BCUT2D eigenvalue weighted by Gasteiger charge is -2.36. The summed E-state index contributed by atoms with van der Waals surface area (Å²) in [5.41, 5.74) is 9.42. The Labute approximate surface area is 94.4 Å². The van der Waals surface area contributed by atoms with E-state index >= 15 is 0 Å². The van der Waals surface area contributed by atoms with Gasteiger partial charge >= 0.3 is 0 Å². The van der Waals surface area contributed by atoms with Gasteiger partial charge < -0.3 is 11.5 Å². The fourth-order valence-corrected chi connectivity index (χ4v) is 2.45. The normalized spacial score (nSPS) is 36.8. The van der Waals surface area contributed by atoms with Crippen LogP contribution < -0.4 is 11.5 Å². The van der Waals surface area contributed by atoms with Crippen LogP contribution in [0.15, 0.2) is 24.3 Å². The number of carbonyl (C=O) groups excluding carboxylic acids is 2. The van der Waals surface area contributed by atoms with Crippen LogP contribution in [-0.4, -0.2) is 11.8 Å². The molecule has 0 unspecified atom stereocenters. The van der Waals surface area contributed by atoms with E-state index < -0.39 is 10.8 Å². The third-order valence-electron chi connectivity index (χ3n) is 3.70. The molecule has 4 nitrogen and oxygen atoms in total. The Morgan fingerprint density at radius 3 is 1.38 bits per heavy atom. The van der Waals surface area contributed by atoms with E-state index in [9.17, 15) is 9.59 Å². The van der Waals surface area contributed by atoms with Gasteiger partial charge in [-0.25, -0.2) is 0 Å². The second kappa shape index (κ2) is 3.47. The monoisotopic (exact) mass is 220 g/mol. The van der Waals surface area contributed by atoms with E-state index in [1.54, 1.807) is 24.3 Å². The molecule has 0 heterocycles. The topological polar surface area (TPSA) is 86.2 Å². The van der Waals surface area contributed by atoms with E-state index in [2.05, 4.69) is 0 Å². The minimum atomic E-state index is -0.709. The van der Waals surface area contributed by atoms with E-state index in [0.717, 1.165) is 12.8 Å². The van der Waals surface area contributed by atoms with Gasteiger partial charge in [0.15, 0.2) is 0 Å². The highest BCUT2D eigenvalue weighted by Gasteiger charge is 2.41. The summed E-state index contributed by atoms with van der Waals surface area (Å²) >= 11 is 0. The van der Waals surface area contributed by atoms with Crippen LogP contribution in [-0.2, 0) is 9.59 Å². The van der Waals surface area contributed by atoms with E-state index in [1.807, 2.05) is 0 Å². The molecule has 0 saturated heterocycles. The van der Waals surface area contributed by atoms with Crippen LogP contribution in [0.25, 0.3) is 0 Å². The minimum Gasteiger partial charge on any atom is -0.369 e. The second-order valence-corrected chi connectivity index (χ2v) is 4.68. The number of primary amides is 2. The molecule has 0 aromatic rings.